The number of aromatic nitrogens is 1. The number of fused-ring (bicyclic) bond motifs is 1. The smallest absolute Gasteiger partial charge is 0.230 e. The highest BCUT2D eigenvalue weighted by atomic mass is 32.2. The average molecular weight is 282 g/mol. The predicted octanol–water partition coefficient (Wildman–Crippen LogP) is 4.43. The summed E-state index contributed by atoms with van der Waals surface area (Å²) in [7, 11) is 0. The summed E-state index contributed by atoms with van der Waals surface area (Å²) in [5, 5.41) is 8.77. The molecule has 2 nitrogen and oxygen atoms in total. The van der Waals surface area contributed by atoms with Crippen molar-refractivity contribution in [2.75, 3.05) is 5.75 Å². The zero-order chi connectivity index (χ0) is 13.0. The quantitative estimate of drug-likeness (QED) is 0.615. The molecule has 0 aliphatic carbocycles. The number of hydrogen-bond acceptors (Lipinski definition) is 4. The molecule has 1 heterocycles. The molecule has 0 aliphatic rings. The molecule has 0 fully saturated rings. The van der Waals surface area contributed by atoms with E-state index in [-0.39, 0.29) is 0 Å². The number of nitriles is 1. The summed E-state index contributed by atoms with van der Waals surface area (Å²) in [4.78, 5) is 4.36. The first-order valence-electron chi connectivity index (χ1n) is 5.13. The summed E-state index contributed by atoms with van der Waals surface area (Å²) in [5.41, 5.74) is 1.36. The van der Waals surface area contributed by atoms with E-state index < -0.39 is 6.08 Å². The molecule has 2 rings (SSSR count). The molecule has 0 saturated heterocycles. The third-order valence-electron chi connectivity index (χ3n) is 2.14. The number of rotatable bonds is 4. The van der Waals surface area contributed by atoms with Gasteiger partial charge in [-0.3, -0.25) is 0 Å². The molecule has 0 atom stereocenters. The SMILES string of the molecule is N#Cc1ccc2sc(SCCC=C(F)F)nc2c1. The zero-order valence-electron chi connectivity index (χ0n) is 9.19. The molecule has 0 spiro atoms. The molecule has 0 radical (unpaired) electrons. The van der Waals surface area contributed by atoms with Gasteiger partial charge in [-0.15, -0.1) is 11.3 Å². The summed E-state index contributed by atoms with van der Waals surface area (Å²) < 4.78 is 25.5. The molecule has 0 amide bonds. The third-order valence-corrected chi connectivity index (χ3v) is 4.35. The van der Waals surface area contributed by atoms with Crippen LogP contribution in [0.2, 0.25) is 0 Å². The van der Waals surface area contributed by atoms with Crippen LogP contribution in [0.5, 0.6) is 0 Å². The van der Waals surface area contributed by atoms with Gasteiger partial charge in [-0.1, -0.05) is 11.8 Å². The summed E-state index contributed by atoms with van der Waals surface area (Å²) in [5.74, 6) is 0.572. The van der Waals surface area contributed by atoms with Gasteiger partial charge in [-0.25, -0.2) is 4.98 Å². The van der Waals surface area contributed by atoms with Crippen molar-refractivity contribution in [3.8, 4) is 6.07 Å². The molecule has 6 heteroatoms. The molecule has 1 aromatic heterocycles. The molecule has 2 aromatic rings. The van der Waals surface area contributed by atoms with E-state index in [1.165, 1.54) is 23.1 Å². The van der Waals surface area contributed by atoms with E-state index >= 15 is 0 Å². The van der Waals surface area contributed by atoms with E-state index in [1.807, 2.05) is 6.07 Å². The Labute approximate surface area is 111 Å². The summed E-state index contributed by atoms with van der Waals surface area (Å²) in [6.07, 6.45) is -0.404. The van der Waals surface area contributed by atoms with Gasteiger partial charge < -0.3 is 0 Å². The van der Waals surface area contributed by atoms with E-state index in [9.17, 15) is 8.78 Å². The monoisotopic (exact) mass is 282 g/mol. The van der Waals surface area contributed by atoms with Gasteiger partial charge in [0.05, 0.1) is 21.8 Å². The first-order valence-corrected chi connectivity index (χ1v) is 6.94. The first kappa shape index (κ1) is 13.0. The fraction of sp³-hybridized carbons (Fsp3) is 0.167. The van der Waals surface area contributed by atoms with Crippen LogP contribution in [-0.4, -0.2) is 10.7 Å². The van der Waals surface area contributed by atoms with Gasteiger partial charge in [-0.2, -0.15) is 14.0 Å². The first-order chi connectivity index (χ1) is 8.69. The molecule has 1 aromatic carbocycles. The summed E-state index contributed by atoms with van der Waals surface area (Å²) in [6, 6.07) is 7.40. The van der Waals surface area contributed by atoms with Crippen molar-refractivity contribution >= 4 is 33.3 Å². The molecule has 18 heavy (non-hydrogen) atoms. The van der Waals surface area contributed by atoms with Crippen molar-refractivity contribution in [2.24, 2.45) is 0 Å². The zero-order valence-corrected chi connectivity index (χ0v) is 10.8. The molecule has 0 unspecified atom stereocenters. The van der Waals surface area contributed by atoms with Crippen molar-refractivity contribution in [3.05, 3.63) is 35.9 Å². The van der Waals surface area contributed by atoms with E-state index in [4.69, 9.17) is 5.26 Å². The Kier molecular flexibility index (Phi) is 4.28. The maximum absolute atomic E-state index is 11.8. The number of allylic oxidation sites excluding steroid dienone is 1. The van der Waals surface area contributed by atoms with Crippen LogP contribution in [0.25, 0.3) is 10.2 Å². The van der Waals surface area contributed by atoms with Crippen LogP contribution in [0, 0.1) is 11.3 Å². The van der Waals surface area contributed by atoms with Gasteiger partial charge in [0, 0.05) is 5.75 Å². The Morgan fingerprint density at radius 3 is 3.06 bits per heavy atom. The molecular weight excluding hydrogens is 274 g/mol. The number of benzene rings is 1. The summed E-state index contributed by atoms with van der Waals surface area (Å²) in [6.45, 7) is 0. The highest BCUT2D eigenvalue weighted by Crippen LogP contribution is 2.30. The molecule has 0 bridgehead atoms. The van der Waals surface area contributed by atoms with Crippen molar-refractivity contribution in [1.82, 2.24) is 4.98 Å². The second kappa shape index (κ2) is 5.94. The van der Waals surface area contributed by atoms with Gasteiger partial charge in [-0.05, 0) is 30.7 Å². The number of hydrogen-bond donors (Lipinski definition) is 0. The van der Waals surface area contributed by atoms with E-state index in [1.54, 1.807) is 12.1 Å². The van der Waals surface area contributed by atoms with Crippen molar-refractivity contribution in [3.63, 3.8) is 0 Å². The van der Waals surface area contributed by atoms with Crippen LogP contribution in [0.4, 0.5) is 8.78 Å². The molecular formula is C12H8F2N2S2. The minimum Gasteiger partial charge on any atom is -0.230 e. The van der Waals surface area contributed by atoms with Gasteiger partial charge in [0.2, 0.25) is 0 Å². The standard InChI is InChI=1S/C12H8F2N2S2/c13-11(14)2-1-5-17-12-16-9-6-8(7-15)3-4-10(9)18-12/h2-4,6H,1,5H2. The van der Waals surface area contributed by atoms with Gasteiger partial charge in [0.15, 0.2) is 4.34 Å². The maximum atomic E-state index is 11.8. The van der Waals surface area contributed by atoms with Crippen LogP contribution >= 0.6 is 23.1 Å². The van der Waals surface area contributed by atoms with Crippen molar-refractivity contribution < 1.29 is 8.78 Å². The normalized spacial score (nSPS) is 10.3. The van der Waals surface area contributed by atoms with Crippen LogP contribution in [0.15, 0.2) is 34.7 Å². The second-order valence-corrected chi connectivity index (χ2v) is 5.78. The van der Waals surface area contributed by atoms with E-state index in [0.717, 1.165) is 20.6 Å². The highest BCUT2D eigenvalue weighted by molar-refractivity contribution is 8.01. The Morgan fingerprint density at radius 2 is 2.33 bits per heavy atom. The Balaban J connectivity index is 2.06. The maximum Gasteiger partial charge on any atom is 0.266 e. The molecule has 0 N–H and O–H groups in total. The Morgan fingerprint density at radius 1 is 1.50 bits per heavy atom. The van der Waals surface area contributed by atoms with E-state index in [0.29, 0.717) is 17.7 Å². The van der Waals surface area contributed by atoms with Crippen LogP contribution in [0.3, 0.4) is 0 Å². The lowest BCUT2D eigenvalue weighted by molar-refractivity contribution is 0.418. The largest absolute Gasteiger partial charge is 0.266 e. The van der Waals surface area contributed by atoms with Gasteiger partial charge >= 0.3 is 0 Å². The Bertz CT molecular complexity index is 625. The number of thioether (sulfide) groups is 1. The van der Waals surface area contributed by atoms with Crippen LogP contribution < -0.4 is 0 Å². The minimum atomic E-state index is -1.64. The fourth-order valence-corrected chi connectivity index (χ4v) is 3.36. The highest BCUT2D eigenvalue weighted by Gasteiger charge is 2.05. The predicted molar refractivity (Wildman–Crippen MR) is 70.0 cm³/mol. The molecule has 92 valence electrons. The molecule has 0 aliphatic heterocycles. The lowest BCUT2D eigenvalue weighted by atomic mass is 10.2. The average Bonchev–Trinajstić information content (AvgIpc) is 2.75. The number of nitrogens with zero attached hydrogens (tertiary/aromatic N) is 2. The van der Waals surface area contributed by atoms with Crippen LogP contribution in [0.1, 0.15) is 12.0 Å². The molecule has 0 saturated carbocycles. The lowest BCUT2D eigenvalue weighted by Crippen LogP contribution is -1.76. The van der Waals surface area contributed by atoms with Crippen molar-refractivity contribution in [2.45, 2.75) is 10.8 Å². The topological polar surface area (TPSA) is 36.7 Å². The number of halogens is 2. The summed E-state index contributed by atoms with van der Waals surface area (Å²) >= 11 is 2.96. The van der Waals surface area contributed by atoms with Gasteiger partial charge in [0.1, 0.15) is 0 Å². The van der Waals surface area contributed by atoms with Crippen molar-refractivity contribution in [1.29, 1.82) is 5.26 Å². The second-order valence-electron chi connectivity index (χ2n) is 3.40. The lowest BCUT2D eigenvalue weighted by Gasteiger charge is -1.91. The van der Waals surface area contributed by atoms with Crippen LogP contribution in [-0.2, 0) is 0 Å². The van der Waals surface area contributed by atoms with E-state index in [2.05, 4.69) is 11.1 Å². The number of thiazole rings is 1. The fourth-order valence-electron chi connectivity index (χ4n) is 1.35. The third kappa shape index (κ3) is 3.28. The van der Waals surface area contributed by atoms with Gasteiger partial charge in [0.25, 0.3) is 6.08 Å². The Hall–Kier alpha value is -1.45. The minimum absolute atomic E-state index is 0.326.